The molecule has 1 atom stereocenters. The number of thiazole rings is 1. The molecular formula is C20H37N4O2S+. The van der Waals surface area contributed by atoms with E-state index >= 15 is 0 Å². The van der Waals surface area contributed by atoms with Crippen LogP contribution in [0.5, 0.6) is 0 Å². The Hall–Kier alpha value is -1.47. The van der Waals surface area contributed by atoms with Gasteiger partial charge < -0.3 is 15.1 Å². The number of hydrogen-bond donors (Lipinski definition) is 2. The normalized spacial score (nSPS) is 12.9. The van der Waals surface area contributed by atoms with Gasteiger partial charge in [-0.15, -0.1) is 11.3 Å². The lowest BCUT2D eigenvalue weighted by atomic mass is 9.84. The van der Waals surface area contributed by atoms with E-state index in [1.165, 1.54) is 16.2 Å². The Morgan fingerprint density at radius 3 is 2.37 bits per heavy atom. The van der Waals surface area contributed by atoms with Crippen LogP contribution in [0, 0.1) is 25.2 Å². The summed E-state index contributed by atoms with van der Waals surface area (Å²) in [4.78, 5) is 33.7. The molecule has 0 spiro atoms. The summed E-state index contributed by atoms with van der Waals surface area (Å²) >= 11 is 1.46. The molecule has 1 aromatic heterocycles. The molecule has 1 heterocycles. The number of anilines is 1. The molecule has 0 aliphatic heterocycles. The largest absolute Gasteiger partial charge is 0.338 e. The Morgan fingerprint density at radius 2 is 1.89 bits per heavy atom. The molecule has 2 amide bonds. The van der Waals surface area contributed by atoms with Crippen LogP contribution in [0.1, 0.15) is 51.1 Å². The van der Waals surface area contributed by atoms with Gasteiger partial charge in [0.15, 0.2) is 5.13 Å². The minimum atomic E-state index is -0.186. The Labute approximate surface area is 168 Å². The van der Waals surface area contributed by atoms with E-state index in [2.05, 4.69) is 38.0 Å². The maximum Gasteiger partial charge on any atom is 0.245 e. The first-order chi connectivity index (χ1) is 12.4. The van der Waals surface area contributed by atoms with Gasteiger partial charge in [-0.2, -0.15) is 0 Å². The molecule has 1 aromatic rings. The van der Waals surface area contributed by atoms with Gasteiger partial charge in [-0.25, -0.2) is 4.98 Å². The second-order valence-corrected chi connectivity index (χ2v) is 10.3. The molecule has 0 aliphatic carbocycles. The number of aryl methyl sites for hydroxylation is 2. The van der Waals surface area contributed by atoms with Crippen molar-refractivity contribution >= 4 is 28.3 Å². The fraction of sp³-hybridized carbons (Fsp3) is 0.750. The number of nitrogens with one attached hydrogen (secondary N) is 2. The summed E-state index contributed by atoms with van der Waals surface area (Å²) in [6, 6.07) is 0. The molecule has 0 saturated heterocycles. The molecule has 0 fully saturated rings. The second kappa shape index (κ2) is 10.2. The quantitative estimate of drug-likeness (QED) is 0.671. The topological polar surface area (TPSA) is 66.7 Å². The van der Waals surface area contributed by atoms with Crippen LogP contribution in [0.4, 0.5) is 5.13 Å². The number of carbonyl (C=O) groups excluding carboxylic acids is 2. The van der Waals surface area contributed by atoms with Gasteiger partial charge in [0.25, 0.3) is 0 Å². The van der Waals surface area contributed by atoms with E-state index in [1.807, 2.05) is 27.9 Å². The summed E-state index contributed by atoms with van der Waals surface area (Å²) < 4.78 is 0. The van der Waals surface area contributed by atoms with Gasteiger partial charge in [0.1, 0.15) is 6.54 Å². The van der Waals surface area contributed by atoms with E-state index < -0.39 is 0 Å². The summed E-state index contributed by atoms with van der Waals surface area (Å²) in [6.45, 7) is 14.0. The standard InChI is InChI=1S/C20H36N4O2S/c1-14(12-20(4,5)6)11-18(26)24(10-9-23(7)8)13-17(25)22-19-21-15(2)16(3)27-19/h14H,9-13H2,1-8H3,(H,21,22,25)/p+1/t14-/m1/s1. The molecule has 7 heteroatoms. The Kier molecular flexibility index (Phi) is 8.88. The molecular weight excluding hydrogens is 360 g/mol. The highest BCUT2D eigenvalue weighted by molar-refractivity contribution is 7.15. The molecule has 0 saturated carbocycles. The second-order valence-electron chi connectivity index (χ2n) is 9.06. The summed E-state index contributed by atoms with van der Waals surface area (Å²) in [6.07, 6.45) is 1.46. The number of quaternary nitrogens is 1. The highest BCUT2D eigenvalue weighted by Crippen LogP contribution is 2.26. The number of aromatic nitrogens is 1. The van der Waals surface area contributed by atoms with Gasteiger partial charge in [0.05, 0.1) is 32.9 Å². The van der Waals surface area contributed by atoms with E-state index in [9.17, 15) is 9.59 Å². The molecule has 1 rings (SSSR count). The number of hydrogen-bond acceptors (Lipinski definition) is 4. The zero-order valence-corrected chi connectivity index (χ0v) is 19.0. The van der Waals surface area contributed by atoms with Crippen molar-refractivity contribution in [1.82, 2.24) is 9.88 Å². The first-order valence-corrected chi connectivity index (χ1v) is 10.5. The molecule has 0 radical (unpaired) electrons. The van der Waals surface area contributed by atoms with Crippen LogP contribution in [0.3, 0.4) is 0 Å². The van der Waals surface area contributed by atoms with Crippen molar-refractivity contribution < 1.29 is 14.5 Å². The van der Waals surface area contributed by atoms with Crippen LogP contribution in [0.15, 0.2) is 0 Å². The zero-order valence-electron chi connectivity index (χ0n) is 18.2. The molecule has 0 unspecified atom stereocenters. The first kappa shape index (κ1) is 23.6. The summed E-state index contributed by atoms with van der Waals surface area (Å²) in [5.74, 6) is 0.156. The summed E-state index contributed by atoms with van der Waals surface area (Å²) in [5, 5.41) is 3.43. The van der Waals surface area contributed by atoms with E-state index in [-0.39, 0.29) is 23.8 Å². The van der Waals surface area contributed by atoms with Crippen molar-refractivity contribution in [3.05, 3.63) is 10.6 Å². The van der Waals surface area contributed by atoms with Crippen LogP contribution in [0.25, 0.3) is 0 Å². The van der Waals surface area contributed by atoms with E-state index in [4.69, 9.17) is 0 Å². The van der Waals surface area contributed by atoms with Crippen LogP contribution in [-0.2, 0) is 9.59 Å². The Balaban J connectivity index is 2.71. The van der Waals surface area contributed by atoms with Crippen molar-refractivity contribution in [1.29, 1.82) is 0 Å². The minimum Gasteiger partial charge on any atom is -0.338 e. The van der Waals surface area contributed by atoms with E-state index in [0.29, 0.717) is 24.0 Å². The van der Waals surface area contributed by atoms with Gasteiger partial charge in [0.2, 0.25) is 11.8 Å². The van der Waals surface area contributed by atoms with Gasteiger partial charge in [-0.1, -0.05) is 27.7 Å². The van der Waals surface area contributed by atoms with Crippen molar-refractivity contribution in [2.45, 2.75) is 54.4 Å². The average Bonchev–Trinajstić information content (AvgIpc) is 2.78. The predicted octanol–water partition coefficient (Wildman–Crippen LogP) is 2.13. The molecule has 0 aromatic carbocycles. The van der Waals surface area contributed by atoms with E-state index in [1.54, 1.807) is 4.90 Å². The first-order valence-electron chi connectivity index (χ1n) is 9.68. The maximum absolute atomic E-state index is 12.8. The van der Waals surface area contributed by atoms with Crippen LogP contribution >= 0.6 is 11.3 Å². The third kappa shape index (κ3) is 9.33. The number of amides is 2. The van der Waals surface area contributed by atoms with Gasteiger partial charge in [-0.3, -0.25) is 9.59 Å². The molecule has 6 nitrogen and oxygen atoms in total. The number of carbonyl (C=O) groups is 2. The molecule has 0 bridgehead atoms. The smallest absolute Gasteiger partial charge is 0.245 e. The monoisotopic (exact) mass is 397 g/mol. The van der Waals surface area contributed by atoms with E-state index in [0.717, 1.165) is 23.5 Å². The molecule has 0 aliphatic rings. The lowest BCUT2D eigenvalue weighted by Crippen LogP contribution is -3.06. The van der Waals surface area contributed by atoms with Gasteiger partial charge in [-0.05, 0) is 31.6 Å². The average molecular weight is 398 g/mol. The highest BCUT2D eigenvalue weighted by Gasteiger charge is 2.23. The number of rotatable bonds is 9. The number of likely N-dealkylation sites (N-methyl/N-ethyl adjacent to an activating group) is 1. The predicted molar refractivity (Wildman–Crippen MR) is 112 cm³/mol. The Morgan fingerprint density at radius 1 is 1.26 bits per heavy atom. The van der Waals surface area contributed by atoms with Crippen molar-refractivity contribution in [2.24, 2.45) is 11.3 Å². The van der Waals surface area contributed by atoms with Crippen LogP contribution in [0.2, 0.25) is 0 Å². The molecule has 27 heavy (non-hydrogen) atoms. The van der Waals surface area contributed by atoms with Crippen molar-refractivity contribution in [3.63, 3.8) is 0 Å². The van der Waals surface area contributed by atoms with Gasteiger partial charge in [0, 0.05) is 11.3 Å². The SMILES string of the molecule is Cc1nc(NC(=O)CN(CC[NH+](C)C)C(=O)C[C@@H](C)CC(C)(C)C)sc1C. The fourth-order valence-electron chi connectivity index (χ4n) is 3.05. The Bertz CT molecular complexity index is 615. The lowest BCUT2D eigenvalue weighted by molar-refractivity contribution is -0.857. The fourth-order valence-corrected chi connectivity index (χ4v) is 3.88. The highest BCUT2D eigenvalue weighted by atomic mass is 32.1. The summed E-state index contributed by atoms with van der Waals surface area (Å²) in [5.41, 5.74) is 1.12. The molecule has 154 valence electrons. The minimum absolute atomic E-state index is 0.0506. The van der Waals surface area contributed by atoms with Crippen molar-refractivity contribution in [2.75, 3.05) is 39.0 Å². The lowest BCUT2D eigenvalue weighted by Gasteiger charge is -2.27. The number of nitrogens with zero attached hydrogens (tertiary/aromatic N) is 2. The van der Waals surface area contributed by atoms with Gasteiger partial charge >= 0.3 is 0 Å². The zero-order chi connectivity index (χ0) is 20.8. The molecule has 2 N–H and O–H groups in total. The summed E-state index contributed by atoms with van der Waals surface area (Å²) in [7, 11) is 4.10. The third-order valence-corrected chi connectivity index (χ3v) is 5.32. The van der Waals surface area contributed by atoms with Crippen molar-refractivity contribution in [3.8, 4) is 0 Å². The maximum atomic E-state index is 12.8. The van der Waals surface area contributed by atoms with Crippen LogP contribution in [-0.4, -0.2) is 55.4 Å². The third-order valence-electron chi connectivity index (χ3n) is 4.33. The van der Waals surface area contributed by atoms with Crippen LogP contribution < -0.4 is 10.2 Å².